The molecule has 5 heteroatoms. The zero-order valence-electron chi connectivity index (χ0n) is 14.1. The van der Waals surface area contributed by atoms with Crippen molar-refractivity contribution < 1.29 is 13.2 Å². The SMILES string of the molecule is FC(F)(F)c1ccc(Cl)c(C2=CC3CCC(C2)N3Cc2ccccc2)c1. The fourth-order valence-corrected chi connectivity index (χ4v) is 4.35. The molecule has 26 heavy (non-hydrogen) atoms. The highest BCUT2D eigenvalue weighted by Crippen LogP contribution is 2.42. The van der Waals surface area contributed by atoms with Crippen molar-refractivity contribution in [3.63, 3.8) is 0 Å². The van der Waals surface area contributed by atoms with Gasteiger partial charge in [-0.1, -0.05) is 48.0 Å². The Kier molecular flexibility index (Phi) is 4.57. The lowest BCUT2D eigenvalue weighted by Gasteiger charge is -2.34. The Hall–Kier alpha value is -1.78. The lowest BCUT2D eigenvalue weighted by Crippen LogP contribution is -2.37. The molecule has 2 heterocycles. The third kappa shape index (κ3) is 3.40. The zero-order valence-corrected chi connectivity index (χ0v) is 14.9. The second-order valence-electron chi connectivity index (χ2n) is 7.04. The van der Waals surface area contributed by atoms with Crippen molar-refractivity contribution in [1.29, 1.82) is 0 Å². The number of alkyl halides is 3. The summed E-state index contributed by atoms with van der Waals surface area (Å²) in [5.41, 5.74) is 2.09. The van der Waals surface area contributed by atoms with E-state index in [1.807, 2.05) is 18.2 Å². The van der Waals surface area contributed by atoms with E-state index in [4.69, 9.17) is 11.6 Å². The Morgan fingerprint density at radius 3 is 2.50 bits per heavy atom. The molecule has 0 aromatic heterocycles. The van der Waals surface area contributed by atoms with Crippen LogP contribution in [0.3, 0.4) is 0 Å². The largest absolute Gasteiger partial charge is 0.416 e. The molecule has 2 aromatic rings. The van der Waals surface area contributed by atoms with E-state index in [0.717, 1.165) is 37.4 Å². The summed E-state index contributed by atoms with van der Waals surface area (Å²) in [7, 11) is 0. The van der Waals surface area contributed by atoms with E-state index in [2.05, 4.69) is 23.1 Å². The number of rotatable bonds is 3. The third-order valence-electron chi connectivity index (χ3n) is 5.39. The molecular weight excluding hydrogens is 359 g/mol. The maximum atomic E-state index is 13.1. The molecule has 2 aliphatic heterocycles. The summed E-state index contributed by atoms with van der Waals surface area (Å²) in [5, 5.41) is 0.389. The molecule has 2 aliphatic rings. The number of hydrogen-bond acceptors (Lipinski definition) is 1. The number of nitrogens with zero attached hydrogens (tertiary/aromatic N) is 1. The van der Waals surface area contributed by atoms with Gasteiger partial charge in [0.1, 0.15) is 0 Å². The number of halogens is 4. The standard InChI is InChI=1S/C21H19ClF3N/c22-20-9-6-16(21(23,24)25)12-19(20)15-10-17-7-8-18(11-15)26(17)13-14-4-2-1-3-5-14/h1-6,9-10,12,17-18H,7-8,11,13H2. The van der Waals surface area contributed by atoms with E-state index in [1.165, 1.54) is 17.7 Å². The maximum Gasteiger partial charge on any atom is 0.416 e. The Labute approximate surface area is 156 Å². The van der Waals surface area contributed by atoms with Crippen LogP contribution in [0.5, 0.6) is 0 Å². The lowest BCUT2D eigenvalue weighted by molar-refractivity contribution is -0.137. The van der Waals surface area contributed by atoms with Gasteiger partial charge in [0.25, 0.3) is 0 Å². The summed E-state index contributed by atoms with van der Waals surface area (Å²) in [6.45, 7) is 0.871. The predicted octanol–water partition coefficient (Wildman–Crippen LogP) is 6.18. The van der Waals surface area contributed by atoms with E-state index in [1.54, 1.807) is 0 Å². The van der Waals surface area contributed by atoms with Gasteiger partial charge in [0.05, 0.1) is 5.56 Å². The van der Waals surface area contributed by atoms with Gasteiger partial charge in [0.15, 0.2) is 0 Å². The van der Waals surface area contributed by atoms with E-state index in [0.29, 0.717) is 16.6 Å². The minimum atomic E-state index is -4.35. The summed E-state index contributed by atoms with van der Waals surface area (Å²) in [5.74, 6) is 0. The Morgan fingerprint density at radius 1 is 1.04 bits per heavy atom. The highest BCUT2D eigenvalue weighted by atomic mass is 35.5. The molecule has 0 radical (unpaired) electrons. The normalized spacial score (nSPS) is 23.2. The first-order valence-corrected chi connectivity index (χ1v) is 9.17. The van der Waals surface area contributed by atoms with Gasteiger partial charge in [-0.25, -0.2) is 0 Å². The molecule has 4 rings (SSSR count). The second kappa shape index (κ2) is 6.75. The Morgan fingerprint density at radius 2 is 1.81 bits per heavy atom. The highest BCUT2D eigenvalue weighted by Gasteiger charge is 2.37. The van der Waals surface area contributed by atoms with Crippen LogP contribution in [0.25, 0.3) is 5.57 Å². The molecule has 2 unspecified atom stereocenters. The van der Waals surface area contributed by atoms with Gasteiger partial charge in [-0.2, -0.15) is 13.2 Å². The predicted molar refractivity (Wildman–Crippen MR) is 97.8 cm³/mol. The monoisotopic (exact) mass is 377 g/mol. The minimum absolute atomic E-state index is 0.259. The molecule has 0 spiro atoms. The molecule has 0 aliphatic carbocycles. The molecule has 1 fully saturated rings. The number of hydrogen-bond donors (Lipinski definition) is 0. The van der Waals surface area contributed by atoms with Crippen LogP contribution in [0.2, 0.25) is 5.02 Å². The molecule has 136 valence electrons. The van der Waals surface area contributed by atoms with Crippen LogP contribution in [0.4, 0.5) is 13.2 Å². The van der Waals surface area contributed by atoms with E-state index in [-0.39, 0.29) is 6.04 Å². The Balaban J connectivity index is 1.62. The third-order valence-corrected chi connectivity index (χ3v) is 5.72. The number of benzene rings is 2. The smallest absolute Gasteiger partial charge is 0.289 e. The van der Waals surface area contributed by atoms with Gasteiger partial charge in [-0.15, -0.1) is 0 Å². The summed E-state index contributed by atoms with van der Waals surface area (Å²) >= 11 is 6.24. The first-order chi connectivity index (χ1) is 12.4. The van der Waals surface area contributed by atoms with E-state index >= 15 is 0 Å². The van der Waals surface area contributed by atoms with Crippen molar-refractivity contribution >= 4 is 17.2 Å². The van der Waals surface area contributed by atoms with Crippen LogP contribution < -0.4 is 0 Å². The van der Waals surface area contributed by atoms with Crippen molar-refractivity contribution in [3.05, 3.63) is 76.3 Å². The van der Waals surface area contributed by atoms with Gasteiger partial charge in [-0.05, 0) is 54.2 Å². The minimum Gasteiger partial charge on any atom is -0.289 e. The van der Waals surface area contributed by atoms with Crippen molar-refractivity contribution in [2.75, 3.05) is 0 Å². The summed E-state index contributed by atoms with van der Waals surface area (Å²) in [6.07, 6.45) is 0.608. The fourth-order valence-electron chi connectivity index (χ4n) is 4.11. The quantitative estimate of drug-likeness (QED) is 0.617. The van der Waals surface area contributed by atoms with Gasteiger partial charge in [0, 0.05) is 23.7 Å². The average molecular weight is 378 g/mol. The van der Waals surface area contributed by atoms with Crippen molar-refractivity contribution in [2.24, 2.45) is 0 Å². The van der Waals surface area contributed by atoms with Gasteiger partial charge in [-0.3, -0.25) is 4.90 Å². The first kappa shape index (κ1) is 17.6. The molecule has 1 nitrogen and oxygen atoms in total. The fraction of sp³-hybridized carbons (Fsp3) is 0.333. The van der Waals surface area contributed by atoms with Crippen LogP contribution in [-0.4, -0.2) is 17.0 Å². The van der Waals surface area contributed by atoms with Crippen LogP contribution in [0.15, 0.2) is 54.6 Å². The molecule has 2 bridgehead atoms. The molecule has 0 amide bonds. The summed E-state index contributed by atoms with van der Waals surface area (Å²) < 4.78 is 39.2. The van der Waals surface area contributed by atoms with Crippen LogP contribution in [0.1, 0.15) is 36.0 Å². The zero-order chi connectivity index (χ0) is 18.3. The molecule has 0 saturated carbocycles. The topological polar surface area (TPSA) is 3.24 Å². The molecule has 2 aromatic carbocycles. The summed E-state index contributed by atoms with van der Waals surface area (Å²) in [4.78, 5) is 2.46. The molecule has 1 saturated heterocycles. The van der Waals surface area contributed by atoms with Crippen molar-refractivity contribution in [2.45, 2.75) is 44.1 Å². The van der Waals surface area contributed by atoms with Crippen LogP contribution in [0, 0.1) is 0 Å². The molecule has 2 atom stereocenters. The van der Waals surface area contributed by atoms with Crippen LogP contribution >= 0.6 is 11.6 Å². The van der Waals surface area contributed by atoms with Gasteiger partial charge in [0.2, 0.25) is 0 Å². The van der Waals surface area contributed by atoms with Gasteiger partial charge >= 0.3 is 6.18 Å². The van der Waals surface area contributed by atoms with Crippen molar-refractivity contribution in [3.8, 4) is 0 Å². The first-order valence-electron chi connectivity index (χ1n) is 8.79. The highest BCUT2D eigenvalue weighted by molar-refractivity contribution is 6.32. The average Bonchev–Trinajstić information content (AvgIpc) is 2.84. The number of fused-ring (bicyclic) bond motifs is 2. The summed E-state index contributed by atoms with van der Waals surface area (Å²) in [6, 6.07) is 14.5. The molecule has 0 N–H and O–H groups in total. The Bertz CT molecular complexity index is 829. The van der Waals surface area contributed by atoms with Crippen molar-refractivity contribution in [1.82, 2.24) is 4.90 Å². The van der Waals surface area contributed by atoms with Gasteiger partial charge < -0.3 is 0 Å². The lowest BCUT2D eigenvalue weighted by atomic mass is 9.93. The van der Waals surface area contributed by atoms with E-state index in [9.17, 15) is 13.2 Å². The van der Waals surface area contributed by atoms with E-state index < -0.39 is 11.7 Å². The van der Waals surface area contributed by atoms with Crippen LogP contribution in [-0.2, 0) is 12.7 Å². The molecular formula is C21H19ClF3N. The maximum absolute atomic E-state index is 13.1. The second-order valence-corrected chi connectivity index (χ2v) is 7.45.